The number of halogens is 1. The lowest BCUT2D eigenvalue weighted by atomic mass is 10.4. The minimum atomic E-state index is -0.371. The minimum absolute atomic E-state index is 0.222. The molecule has 2 aromatic heterocycles. The zero-order valence-electron chi connectivity index (χ0n) is 9.64. The summed E-state index contributed by atoms with van der Waals surface area (Å²) < 4.78 is 5.62. The van der Waals surface area contributed by atoms with Crippen LogP contribution in [0.4, 0.5) is 0 Å². The van der Waals surface area contributed by atoms with E-state index in [0.29, 0.717) is 4.67 Å². The Kier molecular flexibility index (Phi) is 4.33. The number of carbonyl (C=O) groups excluding carboxylic acids is 1. The summed E-state index contributed by atoms with van der Waals surface area (Å²) in [5.41, 5.74) is 2.41. The topological polar surface area (TPSA) is 54.6 Å². The highest BCUT2D eigenvalue weighted by Gasteiger charge is 2.08. The standard InChI is InChI=1S/C12H11BrN2O2S/c1-2-8-3-4-9(18-8)7-14-15-12(16)10-5-6-11(13)17-10/h3-7H,2H2,1H3,(H,15,16)/b14-7-. The number of nitrogens with one attached hydrogen (secondary N) is 1. The number of rotatable bonds is 4. The highest BCUT2D eigenvalue weighted by Crippen LogP contribution is 2.15. The maximum Gasteiger partial charge on any atom is 0.307 e. The molecule has 0 saturated carbocycles. The van der Waals surface area contributed by atoms with Crippen LogP contribution < -0.4 is 5.43 Å². The molecule has 0 spiro atoms. The maximum absolute atomic E-state index is 11.6. The molecule has 0 atom stereocenters. The van der Waals surface area contributed by atoms with E-state index in [1.165, 1.54) is 4.88 Å². The Morgan fingerprint density at radius 3 is 2.94 bits per heavy atom. The molecule has 18 heavy (non-hydrogen) atoms. The van der Waals surface area contributed by atoms with Crippen molar-refractivity contribution in [1.29, 1.82) is 0 Å². The Morgan fingerprint density at radius 2 is 2.33 bits per heavy atom. The third kappa shape index (κ3) is 3.30. The van der Waals surface area contributed by atoms with Crippen molar-refractivity contribution in [2.45, 2.75) is 13.3 Å². The van der Waals surface area contributed by atoms with E-state index >= 15 is 0 Å². The van der Waals surface area contributed by atoms with Gasteiger partial charge in [0.25, 0.3) is 0 Å². The number of hydrazone groups is 1. The van der Waals surface area contributed by atoms with Gasteiger partial charge in [0.15, 0.2) is 10.4 Å². The maximum atomic E-state index is 11.6. The fraction of sp³-hybridized carbons (Fsp3) is 0.167. The quantitative estimate of drug-likeness (QED) is 0.691. The minimum Gasteiger partial charge on any atom is -0.444 e. The van der Waals surface area contributed by atoms with E-state index in [4.69, 9.17) is 4.42 Å². The van der Waals surface area contributed by atoms with Crippen LogP contribution in [0.25, 0.3) is 0 Å². The smallest absolute Gasteiger partial charge is 0.307 e. The van der Waals surface area contributed by atoms with Gasteiger partial charge < -0.3 is 4.42 Å². The molecule has 0 saturated heterocycles. The zero-order valence-corrected chi connectivity index (χ0v) is 12.0. The molecule has 2 heterocycles. The second-order valence-electron chi connectivity index (χ2n) is 3.46. The van der Waals surface area contributed by atoms with Crippen LogP contribution in [0.3, 0.4) is 0 Å². The summed E-state index contributed by atoms with van der Waals surface area (Å²) in [6, 6.07) is 7.26. The van der Waals surface area contributed by atoms with E-state index in [-0.39, 0.29) is 11.7 Å². The van der Waals surface area contributed by atoms with Crippen molar-refractivity contribution in [3.63, 3.8) is 0 Å². The van der Waals surface area contributed by atoms with Gasteiger partial charge in [-0.3, -0.25) is 4.79 Å². The van der Waals surface area contributed by atoms with Gasteiger partial charge in [-0.2, -0.15) is 5.10 Å². The molecule has 0 fully saturated rings. The predicted molar refractivity (Wildman–Crippen MR) is 75.2 cm³/mol. The van der Waals surface area contributed by atoms with Gasteiger partial charge in [-0.1, -0.05) is 6.92 Å². The lowest BCUT2D eigenvalue weighted by molar-refractivity contribution is 0.0926. The molecule has 2 aromatic rings. The molecule has 0 unspecified atom stereocenters. The SMILES string of the molecule is CCc1ccc(/C=N\NC(=O)c2ccc(Br)o2)s1. The van der Waals surface area contributed by atoms with Crippen LogP contribution in [-0.4, -0.2) is 12.1 Å². The largest absolute Gasteiger partial charge is 0.444 e. The van der Waals surface area contributed by atoms with Crippen LogP contribution >= 0.6 is 27.3 Å². The number of carbonyl (C=O) groups is 1. The van der Waals surface area contributed by atoms with Gasteiger partial charge in [0.1, 0.15) is 0 Å². The molecule has 0 aromatic carbocycles. The van der Waals surface area contributed by atoms with E-state index < -0.39 is 0 Å². The number of hydrogen-bond donors (Lipinski definition) is 1. The summed E-state index contributed by atoms with van der Waals surface area (Å²) >= 11 is 4.79. The van der Waals surface area contributed by atoms with E-state index in [9.17, 15) is 4.79 Å². The van der Waals surface area contributed by atoms with Gasteiger partial charge in [0.2, 0.25) is 0 Å². The molecule has 94 valence electrons. The first-order valence-corrected chi connectivity index (χ1v) is 6.97. The van der Waals surface area contributed by atoms with Gasteiger partial charge in [-0.25, -0.2) is 5.43 Å². The summed E-state index contributed by atoms with van der Waals surface area (Å²) in [4.78, 5) is 13.9. The van der Waals surface area contributed by atoms with Crippen LogP contribution in [0.15, 0.2) is 38.5 Å². The molecule has 6 heteroatoms. The summed E-state index contributed by atoms with van der Waals surface area (Å²) in [7, 11) is 0. The van der Waals surface area contributed by atoms with Crippen LogP contribution in [-0.2, 0) is 6.42 Å². The monoisotopic (exact) mass is 326 g/mol. The molecule has 0 aliphatic rings. The normalized spacial score (nSPS) is 11.0. The summed E-state index contributed by atoms with van der Waals surface area (Å²) in [6.45, 7) is 2.10. The first-order chi connectivity index (χ1) is 8.69. The second-order valence-corrected chi connectivity index (χ2v) is 5.44. The summed E-state index contributed by atoms with van der Waals surface area (Å²) in [5, 5.41) is 3.89. The van der Waals surface area contributed by atoms with Crippen molar-refractivity contribution in [2.75, 3.05) is 0 Å². The van der Waals surface area contributed by atoms with E-state index in [0.717, 1.165) is 11.3 Å². The first-order valence-electron chi connectivity index (χ1n) is 5.36. The molecule has 4 nitrogen and oxygen atoms in total. The highest BCUT2D eigenvalue weighted by atomic mass is 79.9. The van der Waals surface area contributed by atoms with Crippen LogP contribution in [0, 0.1) is 0 Å². The van der Waals surface area contributed by atoms with E-state index in [1.54, 1.807) is 29.7 Å². The van der Waals surface area contributed by atoms with Gasteiger partial charge >= 0.3 is 5.91 Å². The van der Waals surface area contributed by atoms with Crippen LogP contribution in [0.2, 0.25) is 0 Å². The van der Waals surface area contributed by atoms with Crippen molar-refractivity contribution in [3.8, 4) is 0 Å². The third-order valence-corrected chi connectivity index (χ3v) is 3.78. The Labute approximate surface area is 117 Å². The molecule has 2 rings (SSSR count). The Bertz CT molecular complexity index is 574. The van der Waals surface area contributed by atoms with Gasteiger partial charge in [0, 0.05) is 9.75 Å². The lowest BCUT2D eigenvalue weighted by Crippen LogP contribution is -2.16. The second kappa shape index (κ2) is 5.97. The molecule has 1 N–H and O–H groups in total. The third-order valence-electron chi connectivity index (χ3n) is 2.19. The van der Waals surface area contributed by atoms with Crippen molar-refractivity contribution in [1.82, 2.24) is 5.43 Å². The molecule has 0 bridgehead atoms. The van der Waals surface area contributed by atoms with Crippen molar-refractivity contribution in [2.24, 2.45) is 5.10 Å². The average molecular weight is 327 g/mol. The lowest BCUT2D eigenvalue weighted by Gasteiger charge is -1.93. The molecule has 1 amide bonds. The van der Waals surface area contributed by atoms with E-state index in [1.807, 2.05) is 6.07 Å². The van der Waals surface area contributed by atoms with Crippen molar-refractivity contribution in [3.05, 3.63) is 44.4 Å². The number of aryl methyl sites for hydroxylation is 1. The summed E-state index contributed by atoms with van der Waals surface area (Å²) in [6.07, 6.45) is 2.63. The molecular formula is C12H11BrN2O2S. The van der Waals surface area contributed by atoms with Gasteiger partial charge in [0.05, 0.1) is 6.21 Å². The molecule has 0 aliphatic carbocycles. The summed E-state index contributed by atoms with van der Waals surface area (Å²) in [5.74, 6) is -0.149. The van der Waals surface area contributed by atoms with Crippen LogP contribution in [0.1, 0.15) is 27.2 Å². The van der Waals surface area contributed by atoms with Gasteiger partial charge in [-0.05, 0) is 46.6 Å². The average Bonchev–Trinajstić information content (AvgIpc) is 2.98. The number of thiophene rings is 1. The Balaban J connectivity index is 1.93. The molecule has 0 aliphatic heterocycles. The highest BCUT2D eigenvalue weighted by molar-refractivity contribution is 9.10. The fourth-order valence-electron chi connectivity index (χ4n) is 1.30. The van der Waals surface area contributed by atoms with E-state index in [2.05, 4.69) is 39.4 Å². The van der Waals surface area contributed by atoms with Gasteiger partial charge in [-0.15, -0.1) is 11.3 Å². The number of amides is 1. The predicted octanol–water partition coefficient (Wildman–Crippen LogP) is 3.43. The first kappa shape index (κ1) is 13.0. The zero-order chi connectivity index (χ0) is 13.0. The molecular weight excluding hydrogens is 316 g/mol. The Hall–Kier alpha value is -1.40. The van der Waals surface area contributed by atoms with Crippen molar-refractivity contribution >= 4 is 39.4 Å². The van der Waals surface area contributed by atoms with Crippen LogP contribution in [0.5, 0.6) is 0 Å². The fourth-order valence-corrected chi connectivity index (χ4v) is 2.43. The molecule has 0 radical (unpaired) electrons. The van der Waals surface area contributed by atoms with Crippen molar-refractivity contribution < 1.29 is 9.21 Å². The number of hydrogen-bond acceptors (Lipinski definition) is 4. The number of furan rings is 1. The Morgan fingerprint density at radius 1 is 1.50 bits per heavy atom. The number of nitrogens with zero attached hydrogens (tertiary/aromatic N) is 1.